The quantitative estimate of drug-likeness (QED) is 0.737. The molecule has 76 valence electrons. The summed E-state index contributed by atoms with van der Waals surface area (Å²) in [7, 11) is 0. The summed E-state index contributed by atoms with van der Waals surface area (Å²) in [5.41, 5.74) is 7.02. The van der Waals surface area contributed by atoms with E-state index in [1.54, 1.807) is 0 Å². The van der Waals surface area contributed by atoms with Crippen molar-refractivity contribution in [2.45, 2.75) is 31.4 Å². The normalized spacial score (nSPS) is 32.9. The molecule has 2 nitrogen and oxygen atoms in total. The highest BCUT2D eigenvalue weighted by atomic mass is 16.5. The van der Waals surface area contributed by atoms with Gasteiger partial charge in [0.1, 0.15) is 0 Å². The average molecular weight is 191 g/mol. The zero-order valence-electron chi connectivity index (χ0n) is 8.57. The molecule has 0 radical (unpaired) electrons. The topological polar surface area (TPSA) is 35.2 Å². The molecule has 1 saturated heterocycles. The summed E-state index contributed by atoms with van der Waals surface area (Å²) in [4.78, 5) is 0. The van der Waals surface area contributed by atoms with Crippen LogP contribution in [0.3, 0.4) is 0 Å². The maximum Gasteiger partial charge on any atom is 0.0918 e. The monoisotopic (exact) mass is 191 g/mol. The number of ether oxygens (including phenoxy) is 1. The van der Waals surface area contributed by atoms with Crippen LogP contribution in [0.25, 0.3) is 0 Å². The molecule has 2 N–H and O–H groups in total. The predicted molar refractivity (Wildman–Crippen MR) is 57.0 cm³/mol. The Morgan fingerprint density at radius 3 is 2.71 bits per heavy atom. The van der Waals surface area contributed by atoms with Gasteiger partial charge >= 0.3 is 0 Å². The predicted octanol–water partition coefficient (Wildman–Crippen LogP) is 2.04. The third-order valence-corrected chi connectivity index (χ3v) is 2.95. The molecule has 1 aliphatic heterocycles. The van der Waals surface area contributed by atoms with Crippen molar-refractivity contribution in [1.82, 2.24) is 0 Å². The minimum atomic E-state index is -0.182. The van der Waals surface area contributed by atoms with Crippen LogP contribution in [0.5, 0.6) is 0 Å². The van der Waals surface area contributed by atoms with Gasteiger partial charge in [-0.2, -0.15) is 0 Å². The van der Waals surface area contributed by atoms with Gasteiger partial charge in [0.05, 0.1) is 5.60 Å². The fourth-order valence-electron chi connectivity index (χ4n) is 2.09. The minimum Gasteiger partial charge on any atom is -0.370 e. The summed E-state index contributed by atoms with van der Waals surface area (Å²) < 4.78 is 5.84. The lowest BCUT2D eigenvalue weighted by Crippen LogP contribution is -2.40. The summed E-state index contributed by atoms with van der Waals surface area (Å²) in [5.74, 6) is 0. The van der Waals surface area contributed by atoms with Crippen LogP contribution in [0.1, 0.15) is 25.3 Å². The van der Waals surface area contributed by atoms with Crippen LogP contribution in [0.4, 0.5) is 0 Å². The van der Waals surface area contributed by atoms with Crippen LogP contribution in [-0.4, -0.2) is 12.6 Å². The molecule has 0 amide bonds. The van der Waals surface area contributed by atoms with E-state index < -0.39 is 0 Å². The Hall–Kier alpha value is -0.860. The second-order valence-corrected chi connectivity index (χ2v) is 4.20. The zero-order valence-corrected chi connectivity index (χ0v) is 8.57. The van der Waals surface area contributed by atoms with Crippen LogP contribution < -0.4 is 5.73 Å². The first-order valence-electron chi connectivity index (χ1n) is 5.16. The number of benzene rings is 1. The Morgan fingerprint density at radius 1 is 1.36 bits per heavy atom. The number of rotatable bonds is 1. The maximum atomic E-state index is 5.97. The molecule has 1 fully saturated rings. The van der Waals surface area contributed by atoms with Crippen LogP contribution >= 0.6 is 0 Å². The lowest BCUT2D eigenvalue weighted by Gasteiger charge is -2.37. The molecular formula is C12H17NO. The van der Waals surface area contributed by atoms with Gasteiger partial charge in [0.2, 0.25) is 0 Å². The van der Waals surface area contributed by atoms with Gasteiger partial charge in [-0.05, 0) is 25.3 Å². The standard InChI is InChI=1S/C12H17NO/c1-12(9-11(13)7-8-14-12)10-5-3-2-4-6-10/h2-6,11H,7-9,13H2,1H3. The number of hydrogen-bond donors (Lipinski definition) is 1. The molecule has 0 aliphatic carbocycles. The van der Waals surface area contributed by atoms with Gasteiger partial charge in [0.15, 0.2) is 0 Å². The van der Waals surface area contributed by atoms with Crippen molar-refractivity contribution in [2.24, 2.45) is 5.73 Å². The van der Waals surface area contributed by atoms with Crippen LogP contribution in [-0.2, 0) is 10.3 Å². The van der Waals surface area contributed by atoms with Gasteiger partial charge in [-0.25, -0.2) is 0 Å². The maximum absolute atomic E-state index is 5.97. The van der Waals surface area contributed by atoms with Crippen molar-refractivity contribution < 1.29 is 4.74 Å². The van der Waals surface area contributed by atoms with E-state index in [0.717, 1.165) is 19.4 Å². The van der Waals surface area contributed by atoms with E-state index in [9.17, 15) is 0 Å². The lowest BCUT2D eigenvalue weighted by atomic mass is 9.86. The minimum absolute atomic E-state index is 0.182. The van der Waals surface area contributed by atoms with E-state index in [4.69, 9.17) is 10.5 Å². The highest BCUT2D eigenvalue weighted by Crippen LogP contribution is 2.33. The molecular weight excluding hydrogens is 174 g/mol. The Morgan fingerprint density at radius 2 is 2.07 bits per heavy atom. The van der Waals surface area contributed by atoms with Gasteiger partial charge in [-0.3, -0.25) is 0 Å². The Bertz CT molecular complexity index is 298. The third-order valence-electron chi connectivity index (χ3n) is 2.95. The number of hydrogen-bond acceptors (Lipinski definition) is 2. The molecule has 1 aromatic rings. The Kier molecular flexibility index (Phi) is 2.57. The second kappa shape index (κ2) is 3.71. The first kappa shape index (κ1) is 9.69. The van der Waals surface area contributed by atoms with Crippen molar-refractivity contribution in [3.63, 3.8) is 0 Å². The first-order chi connectivity index (χ1) is 6.71. The highest BCUT2D eigenvalue weighted by Gasteiger charge is 2.33. The van der Waals surface area contributed by atoms with Crippen LogP contribution in [0.15, 0.2) is 30.3 Å². The van der Waals surface area contributed by atoms with Crippen molar-refractivity contribution in [3.8, 4) is 0 Å². The molecule has 0 spiro atoms. The molecule has 1 heterocycles. The molecule has 0 saturated carbocycles. The van der Waals surface area contributed by atoms with E-state index in [-0.39, 0.29) is 11.6 Å². The molecule has 0 bridgehead atoms. The molecule has 2 unspecified atom stereocenters. The first-order valence-corrected chi connectivity index (χ1v) is 5.16. The average Bonchev–Trinajstić information content (AvgIpc) is 2.19. The van der Waals surface area contributed by atoms with Gasteiger partial charge in [-0.15, -0.1) is 0 Å². The van der Waals surface area contributed by atoms with Crippen molar-refractivity contribution >= 4 is 0 Å². The highest BCUT2D eigenvalue weighted by molar-refractivity contribution is 5.22. The fraction of sp³-hybridized carbons (Fsp3) is 0.500. The van der Waals surface area contributed by atoms with E-state index in [2.05, 4.69) is 19.1 Å². The van der Waals surface area contributed by atoms with E-state index >= 15 is 0 Å². The van der Waals surface area contributed by atoms with Crippen molar-refractivity contribution in [1.29, 1.82) is 0 Å². The van der Waals surface area contributed by atoms with Crippen molar-refractivity contribution in [3.05, 3.63) is 35.9 Å². The SMILES string of the molecule is CC1(c2ccccc2)CC(N)CCO1. The lowest BCUT2D eigenvalue weighted by molar-refractivity contribution is -0.0766. The molecule has 2 rings (SSSR count). The molecule has 2 heteroatoms. The van der Waals surface area contributed by atoms with Gasteiger partial charge < -0.3 is 10.5 Å². The molecule has 2 atom stereocenters. The Labute approximate surface area is 85.1 Å². The molecule has 1 aromatic carbocycles. The summed E-state index contributed by atoms with van der Waals surface area (Å²) in [6.45, 7) is 2.90. The van der Waals surface area contributed by atoms with Gasteiger partial charge in [0, 0.05) is 12.6 Å². The summed E-state index contributed by atoms with van der Waals surface area (Å²) in [6, 6.07) is 10.6. The molecule has 14 heavy (non-hydrogen) atoms. The van der Waals surface area contributed by atoms with Gasteiger partial charge in [-0.1, -0.05) is 30.3 Å². The summed E-state index contributed by atoms with van der Waals surface area (Å²) in [5, 5.41) is 0. The zero-order chi connectivity index (χ0) is 10.0. The van der Waals surface area contributed by atoms with E-state index in [1.807, 2.05) is 18.2 Å². The second-order valence-electron chi connectivity index (χ2n) is 4.20. The molecule has 1 aliphatic rings. The fourth-order valence-corrected chi connectivity index (χ4v) is 2.09. The van der Waals surface area contributed by atoms with Crippen LogP contribution in [0.2, 0.25) is 0 Å². The largest absolute Gasteiger partial charge is 0.370 e. The third kappa shape index (κ3) is 1.81. The summed E-state index contributed by atoms with van der Waals surface area (Å²) in [6.07, 6.45) is 1.89. The van der Waals surface area contributed by atoms with Crippen molar-refractivity contribution in [2.75, 3.05) is 6.61 Å². The van der Waals surface area contributed by atoms with Crippen LogP contribution in [0, 0.1) is 0 Å². The van der Waals surface area contributed by atoms with Gasteiger partial charge in [0.25, 0.3) is 0 Å². The number of nitrogens with two attached hydrogens (primary N) is 1. The smallest absolute Gasteiger partial charge is 0.0918 e. The molecule has 0 aromatic heterocycles. The Balaban J connectivity index is 2.23. The van der Waals surface area contributed by atoms with E-state index in [0.29, 0.717) is 0 Å². The summed E-state index contributed by atoms with van der Waals surface area (Å²) >= 11 is 0. The van der Waals surface area contributed by atoms with E-state index in [1.165, 1.54) is 5.56 Å².